The van der Waals surface area contributed by atoms with Crippen molar-refractivity contribution in [2.24, 2.45) is 12.8 Å². The van der Waals surface area contributed by atoms with Gasteiger partial charge < -0.3 is 10.6 Å². The summed E-state index contributed by atoms with van der Waals surface area (Å²) in [5.41, 5.74) is 8.23. The molecule has 10 heteroatoms. The number of fused-ring (bicyclic) bond motifs is 2. The Morgan fingerprint density at radius 1 is 1.21 bits per heavy atom. The van der Waals surface area contributed by atoms with Crippen LogP contribution in [0.25, 0.3) is 22.2 Å². The Morgan fingerprint density at radius 3 is 2.85 bits per heavy atom. The third kappa shape index (κ3) is 3.74. The van der Waals surface area contributed by atoms with Gasteiger partial charge in [-0.25, -0.2) is 4.79 Å². The molecule has 0 aliphatic carbocycles. The highest BCUT2D eigenvalue weighted by Crippen LogP contribution is 2.23. The molecule has 0 saturated carbocycles. The molecule has 2 N–H and O–H groups in total. The van der Waals surface area contributed by atoms with Crippen LogP contribution in [0, 0.1) is 11.8 Å². The SMILES string of the molecule is CC#CCn1c(N2CCC[C@@H](N)C2)nc2c1c(=O)n(Cc1cnc3cccnc3c1)c(=O)n2C. The highest BCUT2D eigenvalue weighted by Gasteiger charge is 2.26. The lowest BCUT2D eigenvalue weighted by atomic mass is 10.1. The average molecular weight is 459 g/mol. The first-order valence-electron chi connectivity index (χ1n) is 11.3. The van der Waals surface area contributed by atoms with Crippen molar-refractivity contribution in [1.29, 1.82) is 0 Å². The number of rotatable bonds is 4. The van der Waals surface area contributed by atoms with E-state index in [1.807, 2.05) is 22.8 Å². The van der Waals surface area contributed by atoms with Crippen LogP contribution in [0.5, 0.6) is 0 Å². The molecule has 1 fully saturated rings. The first-order valence-corrected chi connectivity index (χ1v) is 11.3. The van der Waals surface area contributed by atoms with Crippen molar-refractivity contribution in [2.45, 2.75) is 38.9 Å². The zero-order chi connectivity index (χ0) is 23.8. The molecule has 0 spiro atoms. The molecule has 1 saturated heterocycles. The van der Waals surface area contributed by atoms with Crippen LogP contribution in [-0.4, -0.2) is 47.8 Å². The summed E-state index contributed by atoms with van der Waals surface area (Å²) in [6, 6.07) is 5.56. The maximum atomic E-state index is 13.7. The first kappa shape index (κ1) is 21.9. The van der Waals surface area contributed by atoms with E-state index in [2.05, 4.69) is 26.7 Å². The third-order valence-electron chi connectivity index (χ3n) is 6.22. The Bertz CT molecular complexity index is 1570. The molecule has 0 amide bonds. The first-order chi connectivity index (χ1) is 16.5. The smallest absolute Gasteiger partial charge is 0.332 e. The molecule has 5 heterocycles. The van der Waals surface area contributed by atoms with Crippen LogP contribution in [0.15, 0.2) is 40.2 Å². The van der Waals surface area contributed by atoms with Crippen molar-refractivity contribution in [3.63, 3.8) is 0 Å². The fourth-order valence-electron chi connectivity index (χ4n) is 4.50. The highest BCUT2D eigenvalue weighted by atomic mass is 16.2. The van der Waals surface area contributed by atoms with E-state index in [1.54, 1.807) is 26.4 Å². The van der Waals surface area contributed by atoms with Crippen LogP contribution >= 0.6 is 0 Å². The number of hydrogen-bond acceptors (Lipinski definition) is 7. The molecule has 1 atom stereocenters. The Hall–Kier alpha value is -3.97. The fraction of sp³-hybridized carbons (Fsp3) is 0.375. The molecule has 0 bridgehead atoms. The Morgan fingerprint density at radius 2 is 2.06 bits per heavy atom. The second-order valence-corrected chi connectivity index (χ2v) is 8.56. The van der Waals surface area contributed by atoms with Crippen LogP contribution in [0.3, 0.4) is 0 Å². The van der Waals surface area contributed by atoms with Crippen LogP contribution < -0.4 is 21.9 Å². The zero-order valence-electron chi connectivity index (χ0n) is 19.2. The normalized spacial score (nSPS) is 16.1. The van der Waals surface area contributed by atoms with Crippen LogP contribution in [0.2, 0.25) is 0 Å². The maximum absolute atomic E-state index is 13.7. The van der Waals surface area contributed by atoms with Gasteiger partial charge in [0, 0.05) is 38.6 Å². The van der Waals surface area contributed by atoms with E-state index in [0.717, 1.165) is 24.9 Å². The second-order valence-electron chi connectivity index (χ2n) is 8.56. The van der Waals surface area contributed by atoms with Gasteiger partial charge in [-0.3, -0.25) is 28.5 Å². The molecule has 34 heavy (non-hydrogen) atoms. The number of piperidine rings is 1. The summed E-state index contributed by atoms with van der Waals surface area (Å²) in [6.45, 7) is 3.55. The molecule has 1 aliphatic heterocycles. The molecule has 4 aromatic rings. The lowest BCUT2D eigenvalue weighted by Gasteiger charge is -2.31. The molecule has 4 aromatic heterocycles. The monoisotopic (exact) mass is 458 g/mol. The van der Waals surface area contributed by atoms with Crippen molar-refractivity contribution >= 4 is 28.1 Å². The van der Waals surface area contributed by atoms with E-state index in [4.69, 9.17) is 10.7 Å². The quantitative estimate of drug-likeness (QED) is 0.450. The summed E-state index contributed by atoms with van der Waals surface area (Å²) < 4.78 is 4.45. The minimum absolute atomic E-state index is 0.0359. The summed E-state index contributed by atoms with van der Waals surface area (Å²) >= 11 is 0. The number of hydrogen-bond donors (Lipinski definition) is 1. The largest absolute Gasteiger partial charge is 0.341 e. The molecule has 10 nitrogen and oxygen atoms in total. The van der Waals surface area contributed by atoms with Crippen LogP contribution in [0.4, 0.5) is 5.95 Å². The number of nitrogens with two attached hydrogens (primary N) is 1. The molecule has 0 aromatic carbocycles. The summed E-state index contributed by atoms with van der Waals surface area (Å²) in [5.74, 6) is 6.56. The van der Waals surface area contributed by atoms with Gasteiger partial charge in [0.1, 0.15) is 0 Å². The Kier molecular flexibility index (Phi) is 5.63. The minimum atomic E-state index is -0.438. The maximum Gasteiger partial charge on any atom is 0.332 e. The van der Waals surface area contributed by atoms with Crippen molar-refractivity contribution in [1.82, 2.24) is 28.7 Å². The minimum Gasteiger partial charge on any atom is -0.341 e. The highest BCUT2D eigenvalue weighted by molar-refractivity contribution is 5.75. The standard InChI is InChI=1S/C24H26N8O2/c1-3-4-11-31-20-21(28-23(31)30-10-6-7-17(25)15-30)29(2)24(34)32(22(20)33)14-16-12-19-18(27-13-16)8-5-9-26-19/h5,8-9,12-13,17H,6-7,10-11,14-15,25H2,1-2H3/t17-/m1/s1. The van der Waals surface area contributed by atoms with Gasteiger partial charge in [0.15, 0.2) is 11.2 Å². The van der Waals surface area contributed by atoms with E-state index in [0.29, 0.717) is 41.3 Å². The summed E-state index contributed by atoms with van der Waals surface area (Å²) in [5, 5.41) is 0. The third-order valence-corrected chi connectivity index (χ3v) is 6.22. The number of imidazole rings is 1. The van der Waals surface area contributed by atoms with Gasteiger partial charge in [-0.15, -0.1) is 5.92 Å². The molecule has 5 rings (SSSR count). The van der Waals surface area contributed by atoms with Gasteiger partial charge in [-0.1, -0.05) is 5.92 Å². The van der Waals surface area contributed by atoms with E-state index in [9.17, 15) is 9.59 Å². The zero-order valence-corrected chi connectivity index (χ0v) is 19.2. The number of nitrogens with zero attached hydrogens (tertiary/aromatic N) is 7. The lowest BCUT2D eigenvalue weighted by molar-refractivity contribution is 0.496. The van der Waals surface area contributed by atoms with Gasteiger partial charge in [0.25, 0.3) is 5.56 Å². The van der Waals surface area contributed by atoms with Gasteiger partial charge in [0.2, 0.25) is 5.95 Å². The average Bonchev–Trinajstić information content (AvgIpc) is 3.23. The number of anilines is 1. The molecular formula is C24H26N8O2. The van der Waals surface area contributed by atoms with Gasteiger partial charge in [0.05, 0.1) is 24.1 Å². The second kappa shape index (κ2) is 8.76. The number of aryl methyl sites for hydroxylation is 1. The predicted molar refractivity (Wildman–Crippen MR) is 131 cm³/mol. The topological polar surface area (TPSA) is 117 Å². The van der Waals surface area contributed by atoms with E-state index >= 15 is 0 Å². The molecule has 1 aliphatic rings. The van der Waals surface area contributed by atoms with Gasteiger partial charge >= 0.3 is 5.69 Å². The van der Waals surface area contributed by atoms with Gasteiger partial charge in [-0.05, 0) is 43.5 Å². The molecule has 174 valence electrons. The fourth-order valence-corrected chi connectivity index (χ4v) is 4.50. The van der Waals surface area contributed by atoms with E-state index < -0.39 is 11.2 Å². The Labute approximate surface area is 195 Å². The van der Waals surface area contributed by atoms with Crippen molar-refractivity contribution in [3.8, 4) is 11.8 Å². The van der Waals surface area contributed by atoms with E-state index in [-0.39, 0.29) is 12.6 Å². The number of aromatic nitrogens is 6. The molecule has 0 radical (unpaired) electrons. The lowest BCUT2D eigenvalue weighted by Crippen LogP contribution is -2.44. The van der Waals surface area contributed by atoms with Crippen molar-refractivity contribution in [2.75, 3.05) is 18.0 Å². The predicted octanol–water partition coefficient (Wildman–Crippen LogP) is 0.839. The summed E-state index contributed by atoms with van der Waals surface area (Å²) in [6.07, 6.45) is 5.24. The summed E-state index contributed by atoms with van der Waals surface area (Å²) in [4.78, 5) is 42.4. The van der Waals surface area contributed by atoms with Crippen molar-refractivity contribution < 1.29 is 0 Å². The van der Waals surface area contributed by atoms with Gasteiger partial charge in [-0.2, -0.15) is 4.98 Å². The van der Waals surface area contributed by atoms with Crippen LogP contribution in [0.1, 0.15) is 25.3 Å². The Balaban J connectivity index is 1.68. The molecule has 0 unspecified atom stereocenters. The molecular weight excluding hydrogens is 432 g/mol. The summed E-state index contributed by atoms with van der Waals surface area (Å²) in [7, 11) is 1.63. The van der Waals surface area contributed by atoms with Crippen molar-refractivity contribution in [3.05, 3.63) is 57.0 Å². The van der Waals surface area contributed by atoms with E-state index in [1.165, 1.54) is 9.13 Å². The number of pyridine rings is 2. The van der Waals surface area contributed by atoms with Crippen LogP contribution in [-0.2, 0) is 20.1 Å².